The minimum absolute atomic E-state index is 0.221. The van der Waals surface area contributed by atoms with Gasteiger partial charge in [-0.1, -0.05) is 13.8 Å². The monoisotopic (exact) mass is 327 g/mol. The summed E-state index contributed by atoms with van der Waals surface area (Å²) in [6.45, 7) is 2.21. The van der Waals surface area contributed by atoms with E-state index in [1.807, 2.05) is 0 Å². The first-order valence-corrected chi connectivity index (χ1v) is 8.28. The van der Waals surface area contributed by atoms with Gasteiger partial charge in [-0.3, -0.25) is 9.56 Å². The first kappa shape index (κ1) is 17.7. The Kier molecular flexibility index (Phi) is 6.36. The summed E-state index contributed by atoms with van der Waals surface area (Å²) in [7, 11) is 1.69. The van der Waals surface area contributed by atoms with E-state index < -0.39 is 6.55 Å². The molecule has 5 nitrogen and oxygen atoms in total. The molecule has 1 aliphatic carbocycles. The fourth-order valence-electron chi connectivity index (χ4n) is 3.14. The van der Waals surface area contributed by atoms with E-state index in [9.17, 15) is 8.78 Å². The molecule has 0 aromatic carbocycles. The molecule has 0 amide bonds. The molecule has 130 valence electrons. The van der Waals surface area contributed by atoms with E-state index >= 15 is 0 Å². The molecule has 1 aromatic rings. The Morgan fingerprint density at radius 2 is 2.04 bits per heavy atom. The molecular weight excluding hydrogens is 300 g/mol. The summed E-state index contributed by atoms with van der Waals surface area (Å²) in [5, 5.41) is 6.46. The smallest absolute Gasteiger partial charge is 0.319 e. The summed E-state index contributed by atoms with van der Waals surface area (Å²) < 4.78 is 26.4. The summed E-state index contributed by atoms with van der Waals surface area (Å²) in [5.74, 6) is 2.48. The maximum atomic E-state index is 12.8. The molecule has 0 aliphatic heterocycles. The van der Waals surface area contributed by atoms with Crippen LogP contribution in [0.5, 0.6) is 0 Å². The van der Waals surface area contributed by atoms with Crippen LogP contribution in [0.25, 0.3) is 0 Å². The Morgan fingerprint density at radius 3 is 2.61 bits per heavy atom. The summed E-state index contributed by atoms with van der Waals surface area (Å²) in [5.41, 5.74) is 0. The molecule has 1 heterocycles. The Hall–Kier alpha value is -1.66. The molecule has 1 aromatic heterocycles. The van der Waals surface area contributed by atoms with Gasteiger partial charge in [0.15, 0.2) is 5.96 Å². The zero-order chi connectivity index (χ0) is 16.8. The fraction of sp³-hybridized carbons (Fsp3) is 0.750. The minimum atomic E-state index is -2.57. The summed E-state index contributed by atoms with van der Waals surface area (Å²) >= 11 is 0. The zero-order valence-corrected chi connectivity index (χ0v) is 14.1. The van der Waals surface area contributed by atoms with Crippen LogP contribution in [0, 0.1) is 11.8 Å². The van der Waals surface area contributed by atoms with Crippen molar-refractivity contribution in [2.24, 2.45) is 16.8 Å². The Labute approximate surface area is 136 Å². The third-order valence-electron chi connectivity index (χ3n) is 4.65. The molecule has 0 unspecified atom stereocenters. The first-order chi connectivity index (χ1) is 11.0. The van der Waals surface area contributed by atoms with Gasteiger partial charge in [-0.05, 0) is 37.5 Å². The predicted octanol–water partition coefficient (Wildman–Crippen LogP) is 3.16. The van der Waals surface area contributed by atoms with E-state index in [0.29, 0.717) is 17.8 Å². The van der Waals surface area contributed by atoms with Crippen molar-refractivity contribution in [1.82, 2.24) is 20.2 Å². The van der Waals surface area contributed by atoms with Crippen molar-refractivity contribution in [1.29, 1.82) is 0 Å². The van der Waals surface area contributed by atoms with Crippen LogP contribution >= 0.6 is 0 Å². The lowest BCUT2D eigenvalue weighted by Gasteiger charge is -2.32. The van der Waals surface area contributed by atoms with Gasteiger partial charge in [0.25, 0.3) is 0 Å². The van der Waals surface area contributed by atoms with Gasteiger partial charge in [0.05, 0.1) is 6.54 Å². The number of aliphatic imine (C=N–C) groups is 1. The van der Waals surface area contributed by atoms with Gasteiger partial charge in [-0.15, -0.1) is 0 Å². The van der Waals surface area contributed by atoms with E-state index in [1.165, 1.54) is 25.2 Å². The molecule has 23 heavy (non-hydrogen) atoms. The van der Waals surface area contributed by atoms with Crippen molar-refractivity contribution in [2.75, 3.05) is 7.05 Å². The maximum absolute atomic E-state index is 12.8. The molecular formula is C16H27F2N5. The number of guanidine groups is 1. The summed E-state index contributed by atoms with van der Waals surface area (Å²) in [4.78, 5) is 8.14. The highest BCUT2D eigenvalue weighted by atomic mass is 19.3. The highest BCUT2D eigenvalue weighted by Gasteiger charge is 2.23. The van der Waals surface area contributed by atoms with Gasteiger partial charge < -0.3 is 10.6 Å². The highest BCUT2D eigenvalue weighted by molar-refractivity contribution is 5.79. The Morgan fingerprint density at radius 1 is 1.35 bits per heavy atom. The SMILES string of the molecule is CN=C(NCc1nccn1C(F)F)NC1CCC(C(C)C)CC1. The normalized spacial score (nSPS) is 22.7. The quantitative estimate of drug-likeness (QED) is 0.645. The average molecular weight is 327 g/mol. The molecule has 1 saturated carbocycles. The number of nitrogens with zero attached hydrogens (tertiary/aromatic N) is 3. The van der Waals surface area contributed by atoms with Gasteiger partial charge in [0.1, 0.15) is 5.82 Å². The Bertz CT molecular complexity index is 504. The third kappa shape index (κ3) is 4.91. The average Bonchev–Trinajstić information content (AvgIpc) is 3.00. The van der Waals surface area contributed by atoms with E-state index in [4.69, 9.17) is 0 Å². The van der Waals surface area contributed by atoms with E-state index in [1.54, 1.807) is 7.05 Å². The van der Waals surface area contributed by atoms with Crippen molar-refractivity contribution in [3.63, 3.8) is 0 Å². The van der Waals surface area contributed by atoms with Crippen LogP contribution in [0.4, 0.5) is 8.78 Å². The first-order valence-electron chi connectivity index (χ1n) is 8.28. The molecule has 1 fully saturated rings. The summed E-state index contributed by atoms with van der Waals surface area (Å²) in [6, 6.07) is 0.394. The van der Waals surface area contributed by atoms with E-state index in [0.717, 1.165) is 29.2 Å². The molecule has 0 bridgehead atoms. The molecule has 0 spiro atoms. The van der Waals surface area contributed by atoms with Crippen molar-refractivity contribution in [3.05, 3.63) is 18.2 Å². The van der Waals surface area contributed by atoms with Crippen LogP contribution in [-0.2, 0) is 6.54 Å². The lowest BCUT2D eigenvalue weighted by Crippen LogP contribution is -2.45. The molecule has 0 atom stereocenters. The number of imidazole rings is 1. The Balaban J connectivity index is 1.81. The second kappa shape index (κ2) is 8.26. The fourth-order valence-corrected chi connectivity index (χ4v) is 3.14. The van der Waals surface area contributed by atoms with Crippen molar-refractivity contribution in [2.45, 2.75) is 58.7 Å². The van der Waals surface area contributed by atoms with Gasteiger partial charge >= 0.3 is 6.55 Å². The zero-order valence-electron chi connectivity index (χ0n) is 14.1. The maximum Gasteiger partial charge on any atom is 0.319 e. The number of aromatic nitrogens is 2. The van der Waals surface area contributed by atoms with Crippen LogP contribution in [0.2, 0.25) is 0 Å². The molecule has 2 N–H and O–H groups in total. The molecule has 7 heteroatoms. The molecule has 2 rings (SSSR count). The largest absolute Gasteiger partial charge is 0.354 e. The van der Waals surface area contributed by atoms with Crippen LogP contribution in [0.15, 0.2) is 17.4 Å². The lowest BCUT2D eigenvalue weighted by molar-refractivity contribution is 0.0668. The van der Waals surface area contributed by atoms with Gasteiger partial charge in [0.2, 0.25) is 0 Å². The van der Waals surface area contributed by atoms with Gasteiger partial charge in [-0.25, -0.2) is 4.98 Å². The second-order valence-corrected chi connectivity index (χ2v) is 6.45. The number of alkyl halides is 2. The van der Waals surface area contributed by atoms with E-state index in [2.05, 4.69) is 34.5 Å². The molecule has 0 radical (unpaired) electrons. The van der Waals surface area contributed by atoms with Crippen molar-refractivity contribution in [3.8, 4) is 0 Å². The number of halogens is 2. The van der Waals surface area contributed by atoms with Crippen LogP contribution < -0.4 is 10.6 Å². The minimum Gasteiger partial charge on any atom is -0.354 e. The van der Waals surface area contributed by atoms with Crippen molar-refractivity contribution < 1.29 is 8.78 Å². The number of hydrogen-bond donors (Lipinski definition) is 2. The topological polar surface area (TPSA) is 54.2 Å². The third-order valence-corrected chi connectivity index (χ3v) is 4.65. The second-order valence-electron chi connectivity index (χ2n) is 6.45. The van der Waals surface area contributed by atoms with Crippen LogP contribution in [0.3, 0.4) is 0 Å². The van der Waals surface area contributed by atoms with Crippen LogP contribution in [0.1, 0.15) is 51.9 Å². The number of nitrogens with one attached hydrogen (secondary N) is 2. The van der Waals surface area contributed by atoms with Gasteiger partial charge in [0, 0.05) is 25.5 Å². The van der Waals surface area contributed by atoms with Crippen molar-refractivity contribution >= 4 is 5.96 Å². The van der Waals surface area contributed by atoms with Gasteiger partial charge in [-0.2, -0.15) is 8.78 Å². The van der Waals surface area contributed by atoms with Crippen LogP contribution in [-0.4, -0.2) is 28.6 Å². The lowest BCUT2D eigenvalue weighted by atomic mass is 9.80. The van der Waals surface area contributed by atoms with E-state index in [-0.39, 0.29) is 6.54 Å². The molecule has 0 saturated heterocycles. The molecule has 1 aliphatic rings. The number of hydrogen-bond acceptors (Lipinski definition) is 2. The summed E-state index contributed by atoms with van der Waals surface area (Å²) in [6.07, 6.45) is 7.35. The highest BCUT2D eigenvalue weighted by Crippen LogP contribution is 2.29. The predicted molar refractivity (Wildman–Crippen MR) is 87.4 cm³/mol. The number of rotatable bonds is 5. The standard InChI is InChI=1S/C16H27F2N5/c1-11(2)12-4-6-13(7-5-12)22-16(19-3)21-10-14-20-8-9-23(14)15(17)18/h8-9,11-13,15H,4-7,10H2,1-3H3,(H2,19,21,22).